The van der Waals surface area contributed by atoms with E-state index in [-0.39, 0.29) is 0 Å². The summed E-state index contributed by atoms with van der Waals surface area (Å²) in [7, 11) is 5.56. The quantitative estimate of drug-likeness (QED) is 0.594. The lowest BCUT2D eigenvalue weighted by molar-refractivity contribution is 0.537. The fourth-order valence-corrected chi connectivity index (χ4v) is 1.23. The third-order valence-corrected chi connectivity index (χ3v) is 1.96. The average molecular weight is 171 g/mol. The van der Waals surface area contributed by atoms with Gasteiger partial charge in [0.25, 0.3) is 0 Å². The molecule has 0 bridgehead atoms. The number of pyridine rings is 1. The molecule has 13 heavy (non-hydrogen) atoms. The molecule has 0 aromatic carbocycles. The highest BCUT2D eigenvalue weighted by molar-refractivity contribution is 6.31. The molecular weight excluding hydrogens is 161 g/mol. The molecule has 4 heteroatoms. The van der Waals surface area contributed by atoms with Gasteiger partial charge < -0.3 is 0 Å². The molecular formula is C9H10BN3. The molecule has 0 aliphatic rings. The van der Waals surface area contributed by atoms with Crippen molar-refractivity contribution in [1.29, 1.82) is 0 Å². The second kappa shape index (κ2) is 2.87. The number of hydrogen-bond donors (Lipinski definition) is 0. The summed E-state index contributed by atoms with van der Waals surface area (Å²) in [5, 5.41) is 5.39. The summed E-state index contributed by atoms with van der Waals surface area (Å²) in [5.74, 6) is 0. The predicted molar refractivity (Wildman–Crippen MR) is 53.3 cm³/mol. The van der Waals surface area contributed by atoms with Crippen LogP contribution in [0.4, 0.5) is 0 Å². The molecule has 2 aromatic rings. The van der Waals surface area contributed by atoms with Crippen molar-refractivity contribution in [3.63, 3.8) is 0 Å². The molecule has 0 N–H and O–H groups in total. The molecule has 2 aromatic heterocycles. The number of fused-ring (bicyclic) bond motifs is 1. The zero-order chi connectivity index (χ0) is 9.42. The predicted octanol–water partition coefficient (Wildman–Crippen LogP) is 0.806. The standard InChI is InChI=1S/C9H10BN3/c1-6(2)13-5-7-3-9(10)11-4-8(7)12-13/h3-6H,1-2H3. The van der Waals surface area contributed by atoms with E-state index in [1.807, 2.05) is 16.9 Å². The van der Waals surface area contributed by atoms with Gasteiger partial charge in [-0.1, -0.05) is 0 Å². The Bertz CT molecular complexity index is 433. The van der Waals surface area contributed by atoms with E-state index in [0.29, 0.717) is 11.6 Å². The second-order valence-corrected chi connectivity index (χ2v) is 3.37. The van der Waals surface area contributed by atoms with E-state index in [1.165, 1.54) is 0 Å². The molecule has 2 radical (unpaired) electrons. The Kier molecular flexibility index (Phi) is 1.83. The molecule has 0 saturated carbocycles. The Labute approximate surface area is 78.2 Å². The third-order valence-electron chi connectivity index (χ3n) is 1.96. The van der Waals surface area contributed by atoms with Crippen LogP contribution in [0.1, 0.15) is 19.9 Å². The van der Waals surface area contributed by atoms with Gasteiger partial charge in [-0.15, -0.1) is 0 Å². The molecule has 0 aliphatic heterocycles. The van der Waals surface area contributed by atoms with Crippen LogP contribution in [-0.2, 0) is 0 Å². The first-order chi connectivity index (χ1) is 6.16. The van der Waals surface area contributed by atoms with Crippen LogP contribution in [0.3, 0.4) is 0 Å². The zero-order valence-electron chi connectivity index (χ0n) is 7.73. The van der Waals surface area contributed by atoms with E-state index in [9.17, 15) is 0 Å². The van der Waals surface area contributed by atoms with Crippen LogP contribution in [0.15, 0.2) is 18.5 Å². The smallest absolute Gasteiger partial charge is 0.141 e. The van der Waals surface area contributed by atoms with Crippen molar-refractivity contribution < 1.29 is 0 Å². The van der Waals surface area contributed by atoms with Crippen molar-refractivity contribution >= 4 is 24.3 Å². The number of nitrogens with zero attached hydrogens (tertiary/aromatic N) is 3. The highest BCUT2D eigenvalue weighted by Crippen LogP contribution is 2.11. The van der Waals surface area contributed by atoms with Crippen molar-refractivity contribution in [3.8, 4) is 0 Å². The van der Waals surface area contributed by atoms with Crippen molar-refractivity contribution in [1.82, 2.24) is 14.8 Å². The Morgan fingerprint density at radius 2 is 2.23 bits per heavy atom. The van der Waals surface area contributed by atoms with Crippen molar-refractivity contribution in [2.45, 2.75) is 19.9 Å². The first kappa shape index (κ1) is 8.29. The lowest BCUT2D eigenvalue weighted by Crippen LogP contribution is -2.05. The molecule has 0 atom stereocenters. The maximum absolute atomic E-state index is 5.56. The summed E-state index contributed by atoms with van der Waals surface area (Å²) in [5.41, 5.74) is 1.43. The minimum atomic E-state index is 0.369. The van der Waals surface area contributed by atoms with Gasteiger partial charge in [0.15, 0.2) is 0 Å². The van der Waals surface area contributed by atoms with Gasteiger partial charge in [-0.05, 0) is 25.5 Å². The molecule has 0 fully saturated rings. The van der Waals surface area contributed by atoms with E-state index in [2.05, 4.69) is 23.9 Å². The second-order valence-electron chi connectivity index (χ2n) is 3.37. The van der Waals surface area contributed by atoms with Gasteiger partial charge >= 0.3 is 0 Å². The lowest BCUT2D eigenvalue weighted by atomic mass is 10.0. The summed E-state index contributed by atoms with van der Waals surface area (Å²) in [6, 6.07) is 2.20. The van der Waals surface area contributed by atoms with Gasteiger partial charge in [-0.3, -0.25) is 9.67 Å². The normalized spacial score (nSPS) is 11.3. The van der Waals surface area contributed by atoms with Crippen LogP contribution in [0.5, 0.6) is 0 Å². The van der Waals surface area contributed by atoms with Gasteiger partial charge in [0, 0.05) is 17.6 Å². The zero-order valence-corrected chi connectivity index (χ0v) is 7.73. The lowest BCUT2D eigenvalue weighted by Gasteiger charge is -2.02. The topological polar surface area (TPSA) is 30.7 Å². The number of rotatable bonds is 1. The third kappa shape index (κ3) is 1.44. The Morgan fingerprint density at radius 3 is 2.92 bits per heavy atom. The van der Waals surface area contributed by atoms with Gasteiger partial charge in [-0.2, -0.15) is 5.10 Å². The minimum absolute atomic E-state index is 0.369. The molecule has 0 amide bonds. The first-order valence-corrected chi connectivity index (χ1v) is 4.27. The van der Waals surface area contributed by atoms with Crippen LogP contribution < -0.4 is 5.59 Å². The van der Waals surface area contributed by atoms with Crippen molar-refractivity contribution in [2.75, 3.05) is 0 Å². The fraction of sp³-hybridized carbons (Fsp3) is 0.333. The van der Waals surface area contributed by atoms with Gasteiger partial charge in [0.1, 0.15) is 13.4 Å². The minimum Gasteiger partial charge on any atom is -0.271 e. The molecule has 0 aliphatic carbocycles. The van der Waals surface area contributed by atoms with E-state index in [4.69, 9.17) is 7.85 Å². The fourth-order valence-electron chi connectivity index (χ4n) is 1.23. The monoisotopic (exact) mass is 171 g/mol. The van der Waals surface area contributed by atoms with Gasteiger partial charge in [0.05, 0.1) is 6.20 Å². The van der Waals surface area contributed by atoms with Crippen LogP contribution in [0, 0.1) is 0 Å². The highest BCUT2D eigenvalue weighted by atomic mass is 15.3. The maximum Gasteiger partial charge on any atom is 0.141 e. The van der Waals surface area contributed by atoms with Crippen LogP contribution in [0.2, 0.25) is 0 Å². The van der Waals surface area contributed by atoms with E-state index < -0.39 is 0 Å². The molecule has 0 spiro atoms. The Morgan fingerprint density at radius 1 is 1.46 bits per heavy atom. The summed E-state index contributed by atoms with van der Waals surface area (Å²) in [4.78, 5) is 3.98. The summed E-state index contributed by atoms with van der Waals surface area (Å²) in [6.45, 7) is 4.17. The summed E-state index contributed by atoms with van der Waals surface area (Å²) >= 11 is 0. The maximum atomic E-state index is 5.56. The molecule has 3 nitrogen and oxygen atoms in total. The molecule has 64 valence electrons. The van der Waals surface area contributed by atoms with Gasteiger partial charge in [0.2, 0.25) is 0 Å². The van der Waals surface area contributed by atoms with Crippen molar-refractivity contribution in [2.24, 2.45) is 0 Å². The SMILES string of the molecule is [B]c1cc2cn(C(C)C)nc2cn1. The summed E-state index contributed by atoms with van der Waals surface area (Å²) in [6.07, 6.45) is 3.68. The van der Waals surface area contributed by atoms with Crippen LogP contribution in [0.25, 0.3) is 10.9 Å². The summed E-state index contributed by atoms with van der Waals surface area (Å²) < 4.78 is 1.91. The van der Waals surface area contributed by atoms with Gasteiger partial charge in [-0.25, -0.2) is 0 Å². The van der Waals surface area contributed by atoms with Crippen LogP contribution in [-0.4, -0.2) is 22.6 Å². The van der Waals surface area contributed by atoms with E-state index >= 15 is 0 Å². The number of hydrogen-bond acceptors (Lipinski definition) is 2. The van der Waals surface area contributed by atoms with E-state index in [0.717, 1.165) is 10.9 Å². The average Bonchev–Trinajstić information content (AvgIpc) is 2.46. The van der Waals surface area contributed by atoms with Crippen molar-refractivity contribution in [3.05, 3.63) is 18.5 Å². The Hall–Kier alpha value is -1.32. The molecule has 2 heterocycles. The first-order valence-electron chi connectivity index (χ1n) is 4.27. The molecule has 0 unspecified atom stereocenters. The largest absolute Gasteiger partial charge is 0.271 e. The molecule has 0 saturated heterocycles. The number of aromatic nitrogens is 3. The van der Waals surface area contributed by atoms with E-state index in [1.54, 1.807) is 6.20 Å². The molecule has 2 rings (SSSR count). The highest BCUT2D eigenvalue weighted by Gasteiger charge is 2.02. The Balaban J connectivity index is 2.62. The van der Waals surface area contributed by atoms with Crippen LogP contribution >= 0.6 is 0 Å².